The van der Waals surface area contributed by atoms with Gasteiger partial charge in [0.05, 0.1) is 0 Å². The minimum absolute atomic E-state index is 0. The van der Waals surface area contributed by atoms with E-state index in [9.17, 15) is 38.9 Å². The summed E-state index contributed by atoms with van der Waals surface area (Å²) in [5, 5.41) is -0.481. The second-order valence-electron chi connectivity index (χ2n) is 5.11. The molecule has 14 heteroatoms. The number of allylic oxidation sites excluding steroid dienone is 1. The fourth-order valence-electron chi connectivity index (χ4n) is 2.52. The summed E-state index contributed by atoms with van der Waals surface area (Å²) in [6.45, 7) is 4.79. The van der Waals surface area contributed by atoms with Gasteiger partial charge in [-0.2, -0.15) is 25.3 Å². The zero-order valence-electron chi connectivity index (χ0n) is 14.5. The Balaban J connectivity index is 0.00000338. The Morgan fingerprint density at radius 1 is 0.741 bits per heavy atom. The molecule has 0 heterocycles. The molecular weight excluding hydrogens is 410 g/mol. The molecule has 0 fully saturated rings. The minimum atomic E-state index is -5.50. The fraction of sp³-hybridized carbons (Fsp3) is 0.0769. The summed E-state index contributed by atoms with van der Waals surface area (Å²) in [6, 6.07) is 5.05. The maximum Gasteiger partial charge on any atom is 0.297 e. The van der Waals surface area contributed by atoms with Crippen molar-refractivity contribution in [3.8, 4) is 0 Å². The molecule has 3 N–H and O–H groups in total. The molecule has 0 amide bonds. The molecule has 2 radical (unpaired) electrons. The van der Waals surface area contributed by atoms with Gasteiger partial charge in [0, 0.05) is 48.7 Å². The first-order chi connectivity index (χ1) is 11.2. The molecule has 0 aliphatic rings. The van der Waals surface area contributed by atoms with E-state index >= 15 is 0 Å². The predicted molar refractivity (Wildman–Crippen MR) is 99.6 cm³/mol. The molecule has 0 saturated carbocycles. The maximum atomic E-state index is 11.8. The van der Waals surface area contributed by atoms with E-state index in [-0.39, 0.29) is 54.1 Å². The van der Waals surface area contributed by atoms with Crippen molar-refractivity contribution in [3.05, 3.63) is 36.4 Å². The van der Waals surface area contributed by atoms with E-state index in [1.807, 2.05) is 0 Å². The van der Waals surface area contributed by atoms with Gasteiger partial charge in [-0.3, -0.25) is 13.7 Å². The molecule has 9 nitrogen and oxygen atoms in total. The van der Waals surface area contributed by atoms with Crippen LogP contribution in [0.2, 0.25) is 0 Å². The summed E-state index contributed by atoms with van der Waals surface area (Å²) in [6.07, 6.45) is 0. The third kappa shape index (κ3) is 5.05. The molecule has 2 rings (SSSR count). The zero-order valence-corrected chi connectivity index (χ0v) is 17.0. The van der Waals surface area contributed by atoms with Crippen molar-refractivity contribution in [1.29, 1.82) is 0 Å². The molecule has 0 spiro atoms. The van der Waals surface area contributed by atoms with Crippen LogP contribution in [0.25, 0.3) is 16.3 Å². The summed E-state index contributed by atoms with van der Waals surface area (Å²) in [5.41, 5.74) is -0.436. The topological polar surface area (TPSA) is 163 Å². The van der Waals surface area contributed by atoms with Crippen molar-refractivity contribution in [2.24, 2.45) is 0 Å². The molecule has 0 bridgehead atoms. The van der Waals surface area contributed by atoms with Crippen LogP contribution in [0, 0.1) is 0 Å². The van der Waals surface area contributed by atoms with Gasteiger partial charge in [0.15, 0.2) is 0 Å². The van der Waals surface area contributed by atoms with Crippen molar-refractivity contribution in [2.45, 2.75) is 21.6 Å². The van der Waals surface area contributed by atoms with Gasteiger partial charge in [0.2, 0.25) is 0 Å². The van der Waals surface area contributed by atoms with E-state index in [1.54, 1.807) is 0 Å². The van der Waals surface area contributed by atoms with Crippen LogP contribution in [-0.4, -0.2) is 76.6 Å². The normalized spacial score (nSPS) is 12.1. The first kappa shape index (κ1) is 26.4. The smallest absolute Gasteiger partial charge is 0.282 e. The van der Waals surface area contributed by atoms with E-state index in [4.69, 9.17) is 0 Å². The molecule has 2 aromatic rings. The first-order valence-electron chi connectivity index (χ1n) is 6.34. The average Bonchev–Trinajstić information content (AvgIpc) is 2.41. The van der Waals surface area contributed by atoms with Crippen molar-refractivity contribution in [3.63, 3.8) is 0 Å². The van der Waals surface area contributed by atoms with Crippen molar-refractivity contribution >= 4 is 84.4 Å². The monoisotopic (exact) mass is 422 g/mol. The predicted octanol–water partition coefficient (Wildman–Crippen LogP) is 0.851. The standard InChI is InChI=1S/C13H12O9S3.2Li/c1-7(2)10-8-5-3-4-6-9(8)11(23(14,15)16)13(25(20,21)22)12(10)24(17,18)19;;/h3-6H,1H2,2H3,(H,14,15,16)(H,17,18,19)(H,20,21,22);;. The van der Waals surface area contributed by atoms with Crippen LogP contribution in [0.3, 0.4) is 0 Å². The van der Waals surface area contributed by atoms with E-state index in [0.29, 0.717) is 0 Å². The molecule has 0 aliphatic carbocycles. The van der Waals surface area contributed by atoms with E-state index in [0.717, 1.165) is 6.07 Å². The molecule has 2 aromatic carbocycles. The molecule has 0 aliphatic heterocycles. The van der Waals surface area contributed by atoms with Crippen molar-refractivity contribution < 1.29 is 38.9 Å². The van der Waals surface area contributed by atoms with Gasteiger partial charge in [-0.15, -0.1) is 0 Å². The number of fused-ring (bicyclic) bond motifs is 1. The van der Waals surface area contributed by atoms with Gasteiger partial charge >= 0.3 is 0 Å². The Morgan fingerprint density at radius 2 is 1.11 bits per heavy atom. The largest absolute Gasteiger partial charge is 0.297 e. The summed E-state index contributed by atoms with van der Waals surface area (Å²) in [7, 11) is -16.2. The summed E-state index contributed by atoms with van der Waals surface area (Å²) in [4.78, 5) is -4.38. The SMILES string of the molecule is C=C(C)c1c(S(=O)(=O)O)c(S(=O)(=O)O)c(S(=O)(=O)O)c2ccccc12.[Li].[Li]. The molecule has 0 saturated heterocycles. The molecule has 0 aromatic heterocycles. The van der Waals surface area contributed by atoms with Gasteiger partial charge in [-0.05, 0) is 17.9 Å². The Hall–Kier alpha value is -0.635. The van der Waals surface area contributed by atoms with Crippen LogP contribution >= 0.6 is 0 Å². The molecule has 0 unspecified atom stereocenters. The Morgan fingerprint density at radius 3 is 1.44 bits per heavy atom. The average molecular weight is 422 g/mol. The second kappa shape index (κ2) is 8.39. The van der Waals surface area contributed by atoms with Crippen LogP contribution < -0.4 is 0 Å². The number of rotatable bonds is 4. The second-order valence-corrected chi connectivity index (χ2v) is 9.19. The Labute approximate surface area is 180 Å². The van der Waals surface area contributed by atoms with Crippen LogP contribution in [0.5, 0.6) is 0 Å². The quantitative estimate of drug-likeness (QED) is 0.479. The summed E-state index contributed by atoms with van der Waals surface area (Å²) >= 11 is 0. The first-order valence-corrected chi connectivity index (χ1v) is 10.7. The van der Waals surface area contributed by atoms with Crippen molar-refractivity contribution in [2.75, 3.05) is 0 Å². The van der Waals surface area contributed by atoms with Crippen molar-refractivity contribution in [1.82, 2.24) is 0 Å². The van der Waals surface area contributed by atoms with E-state index < -0.39 is 50.6 Å². The molecule has 27 heavy (non-hydrogen) atoms. The van der Waals surface area contributed by atoms with Gasteiger partial charge in [0.25, 0.3) is 30.4 Å². The van der Waals surface area contributed by atoms with Crippen LogP contribution in [-0.2, 0) is 30.4 Å². The number of hydrogen-bond donors (Lipinski definition) is 3. The maximum absolute atomic E-state index is 11.8. The number of hydrogen-bond acceptors (Lipinski definition) is 6. The van der Waals surface area contributed by atoms with Crippen LogP contribution in [0.15, 0.2) is 45.5 Å². The Bertz CT molecular complexity index is 1230. The fourth-order valence-corrected chi connectivity index (χ4v) is 6.20. The third-order valence-corrected chi connectivity index (χ3v) is 6.33. The van der Waals surface area contributed by atoms with Gasteiger partial charge < -0.3 is 0 Å². The third-order valence-electron chi connectivity index (χ3n) is 3.28. The van der Waals surface area contributed by atoms with Gasteiger partial charge in [0.1, 0.15) is 14.7 Å². The van der Waals surface area contributed by atoms with E-state index in [2.05, 4.69) is 6.58 Å². The number of benzene rings is 2. The van der Waals surface area contributed by atoms with Crippen LogP contribution in [0.1, 0.15) is 12.5 Å². The minimum Gasteiger partial charge on any atom is -0.282 e. The molecule has 138 valence electrons. The zero-order chi connectivity index (χ0) is 19.4. The summed E-state index contributed by atoms with van der Waals surface area (Å²) < 4.78 is 99.0. The van der Waals surface area contributed by atoms with Gasteiger partial charge in [-0.25, -0.2) is 0 Å². The van der Waals surface area contributed by atoms with Crippen LogP contribution in [0.4, 0.5) is 0 Å². The molecule has 0 atom stereocenters. The van der Waals surface area contributed by atoms with Gasteiger partial charge in [-0.1, -0.05) is 30.8 Å². The van der Waals surface area contributed by atoms with E-state index in [1.165, 1.54) is 25.1 Å². The molecular formula is C13H12Li2O9S3. The Kier molecular flexibility index (Phi) is 8.19. The summed E-state index contributed by atoms with van der Waals surface area (Å²) in [5.74, 6) is 0.